The van der Waals surface area contributed by atoms with Crippen LogP contribution >= 0.6 is 11.6 Å². The van der Waals surface area contributed by atoms with E-state index in [0.29, 0.717) is 17.2 Å². The first-order chi connectivity index (χ1) is 14.5. The van der Waals surface area contributed by atoms with Crippen LogP contribution in [0.4, 0.5) is 0 Å². The van der Waals surface area contributed by atoms with E-state index in [0.717, 1.165) is 16.7 Å². The Balaban J connectivity index is 2.27. The van der Waals surface area contributed by atoms with Crippen LogP contribution in [0.5, 0.6) is 5.75 Å². The van der Waals surface area contributed by atoms with Crippen molar-refractivity contribution in [3.63, 3.8) is 0 Å². The summed E-state index contributed by atoms with van der Waals surface area (Å²) in [6, 6.07) is 12.5. The fourth-order valence-electron chi connectivity index (χ4n) is 3.37. The molecular formula is C25H33ClN2O3. The zero-order chi connectivity index (χ0) is 23.2. The van der Waals surface area contributed by atoms with E-state index in [1.165, 1.54) is 0 Å². The van der Waals surface area contributed by atoms with Gasteiger partial charge in [-0.3, -0.25) is 9.59 Å². The highest BCUT2D eigenvalue weighted by Gasteiger charge is 2.31. The summed E-state index contributed by atoms with van der Waals surface area (Å²) >= 11 is 6.35. The number of nitrogens with zero attached hydrogens (tertiary/aromatic N) is 1. The minimum absolute atomic E-state index is 0.159. The van der Waals surface area contributed by atoms with Crippen molar-refractivity contribution < 1.29 is 14.3 Å². The van der Waals surface area contributed by atoms with Crippen LogP contribution in [0.1, 0.15) is 50.8 Å². The van der Waals surface area contributed by atoms with E-state index in [4.69, 9.17) is 16.3 Å². The quantitative estimate of drug-likeness (QED) is 0.619. The Hall–Kier alpha value is -2.53. The number of aryl methyl sites for hydroxylation is 2. The van der Waals surface area contributed by atoms with E-state index in [1.807, 2.05) is 77.9 Å². The van der Waals surface area contributed by atoms with E-state index in [2.05, 4.69) is 5.32 Å². The predicted molar refractivity (Wildman–Crippen MR) is 125 cm³/mol. The summed E-state index contributed by atoms with van der Waals surface area (Å²) < 4.78 is 5.82. The maximum atomic E-state index is 13.3. The molecule has 0 radical (unpaired) electrons. The summed E-state index contributed by atoms with van der Waals surface area (Å²) in [5, 5.41) is 3.55. The summed E-state index contributed by atoms with van der Waals surface area (Å²) in [6.07, 6.45) is 0.474. The lowest BCUT2D eigenvalue weighted by molar-refractivity contribution is -0.143. The van der Waals surface area contributed by atoms with Crippen LogP contribution in [-0.2, 0) is 16.1 Å². The van der Waals surface area contributed by atoms with E-state index in [-0.39, 0.29) is 25.0 Å². The van der Waals surface area contributed by atoms with Crippen molar-refractivity contribution in [3.05, 3.63) is 64.2 Å². The van der Waals surface area contributed by atoms with Crippen molar-refractivity contribution in [2.45, 2.75) is 66.1 Å². The minimum atomic E-state index is -0.634. The number of ether oxygens (including phenoxy) is 1. The molecular weight excluding hydrogens is 412 g/mol. The molecule has 0 aliphatic carbocycles. The lowest BCUT2D eigenvalue weighted by Gasteiger charge is -2.33. The standard InChI is InChI=1S/C25H33ClN2O3/c1-7-21(24(30)27-25(4,5)6)28(15-19-10-8-9-11-20(19)26)23(29)16-31-22-13-12-17(2)14-18(22)3/h8-14,21H,7,15-16H2,1-6H3,(H,27,30)/t21-/m1/s1. The van der Waals surface area contributed by atoms with Crippen LogP contribution in [0.15, 0.2) is 42.5 Å². The Morgan fingerprint density at radius 2 is 1.81 bits per heavy atom. The molecule has 0 aliphatic heterocycles. The highest BCUT2D eigenvalue weighted by molar-refractivity contribution is 6.31. The lowest BCUT2D eigenvalue weighted by Crippen LogP contribution is -2.54. The van der Waals surface area contributed by atoms with Crippen LogP contribution in [0.25, 0.3) is 0 Å². The molecule has 1 N–H and O–H groups in total. The van der Waals surface area contributed by atoms with Gasteiger partial charge in [-0.05, 0) is 64.3 Å². The molecule has 2 aromatic rings. The predicted octanol–water partition coefficient (Wildman–Crippen LogP) is 5.06. The number of halogens is 1. The Bertz CT molecular complexity index is 921. The monoisotopic (exact) mass is 444 g/mol. The van der Waals surface area contributed by atoms with Gasteiger partial charge in [-0.15, -0.1) is 0 Å². The van der Waals surface area contributed by atoms with Gasteiger partial charge in [0.1, 0.15) is 11.8 Å². The number of rotatable bonds is 8. The van der Waals surface area contributed by atoms with Gasteiger partial charge in [0.05, 0.1) is 0 Å². The van der Waals surface area contributed by atoms with Gasteiger partial charge < -0.3 is 15.0 Å². The van der Waals surface area contributed by atoms with Gasteiger partial charge in [0.15, 0.2) is 6.61 Å². The molecule has 0 bridgehead atoms. The van der Waals surface area contributed by atoms with E-state index in [9.17, 15) is 9.59 Å². The van der Waals surface area contributed by atoms with Gasteiger partial charge in [0.25, 0.3) is 5.91 Å². The average molecular weight is 445 g/mol. The molecule has 0 saturated carbocycles. The summed E-state index contributed by atoms with van der Waals surface area (Å²) in [6.45, 7) is 11.7. The molecule has 0 unspecified atom stereocenters. The summed E-state index contributed by atoms with van der Waals surface area (Å²) in [4.78, 5) is 27.8. The van der Waals surface area contributed by atoms with Crippen molar-refractivity contribution >= 4 is 23.4 Å². The number of carbonyl (C=O) groups excluding carboxylic acids is 2. The van der Waals surface area contributed by atoms with Crippen molar-refractivity contribution in [2.75, 3.05) is 6.61 Å². The van der Waals surface area contributed by atoms with Crippen LogP contribution < -0.4 is 10.1 Å². The highest BCUT2D eigenvalue weighted by Crippen LogP contribution is 2.22. The van der Waals surface area contributed by atoms with Gasteiger partial charge in [-0.25, -0.2) is 0 Å². The van der Waals surface area contributed by atoms with Crippen molar-refractivity contribution in [2.24, 2.45) is 0 Å². The zero-order valence-corrected chi connectivity index (χ0v) is 20.0. The first-order valence-corrected chi connectivity index (χ1v) is 10.9. The van der Waals surface area contributed by atoms with Gasteiger partial charge >= 0.3 is 0 Å². The fraction of sp³-hybridized carbons (Fsp3) is 0.440. The molecule has 0 fully saturated rings. The molecule has 1 atom stereocenters. The van der Waals surface area contributed by atoms with Crippen molar-refractivity contribution in [3.8, 4) is 5.75 Å². The number of nitrogens with one attached hydrogen (secondary N) is 1. The number of hydrogen-bond donors (Lipinski definition) is 1. The Labute approximate surface area is 190 Å². The molecule has 0 heterocycles. The average Bonchev–Trinajstić information content (AvgIpc) is 2.67. The first-order valence-electron chi connectivity index (χ1n) is 10.6. The second-order valence-corrected chi connectivity index (χ2v) is 9.24. The number of amides is 2. The summed E-state index contributed by atoms with van der Waals surface area (Å²) in [5.41, 5.74) is 2.47. The Kier molecular flexibility index (Phi) is 8.52. The number of benzene rings is 2. The van der Waals surface area contributed by atoms with Gasteiger partial charge in [0.2, 0.25) is 5.91 Å². The van der Waals surface area contributed by atoms with Gasteiger partial charge in [-0.2, -0.15) is 0 Å². The third-order valence-electron chi connectivity index (χ3n) is 4.86. The number of hydrogen-bond acceptors (Lipinski definition) is 3. The van der Waals surface area contributed by atoms with E-state index in [1.54, 1.807) is 11.0 Å². The van der Waals surface area contributed by atoms with Crippen LogP contribution in [0, 0.1) is 13.8 Å². The second-order valence-electron chi connectivity index (χ2n) is 8.83. The maximum Gasteiger partial charge on any atom is 0.261 e. The maximum absolute atomic E-state index is 13.3. The third kappa shape index (κ3) is 7.28. The molecule has 0 saturated heterocycles. The van der Waals surface area contributed by atoms with Gasteiger partial charge in [0, 0.05) is 17.1 Å². The SMILES string of the molecule is CC[C@H](C(=O)NC(C)(C)C)N(Cc1ccccc1Cl)C(=O)COc1ccc(C)cc1C. The fourth-order valence-corrected chi connectivity index (χ4v) is 3.56. The molecule has 2 aromatic carbocycles. The molecule has 31 heavy (non-hydrogen) atoms. The molecule has 0 spiro atoms. The van der Waals surface area contributed by atoms with E-state index >= 15 is 0 Å². The first kappa shape index (κ1) is 24.7. The Morgan fingerprint density at radius 1 is 1.13 bits per heavy atom. The smallest absolute Gasteiger partial charge is 0.261 e. The largest absolute Gasteiger partial charge is 0.483 e. The van der Waals surface area contributed by atoms with Crippen LogP contribution in [-0.4, -0.2) is 34.9 Å². The topological polar surface area (TPSA) is 58.6 Å². The van der Waals surface area contributed by atoms with Gasteiger partial charge in [-0.1, -0.05) is 54.4 Å². The van der Waals surface area contributed by atoms with Crippen LogP contribution in [0.2, 0.25) is 5.02 Å². The highest BCUT2D eigenvalue weighted by atomic mass is 35.5. The third-order valence-corrected chi connectivity index (χ3v) is 5.23. The summed E-state index contributed by atoms with van der Waals surface area (Å²) in [7, 11) is 0. The molecule has 2 amide bonds. The zero-order valence-electron chi connectivity index (χ0n) is 19.3. The molecule has 168 valence electrons. The summed E-state index contributed by atoms with van der Waals surface area (Å²) in [5.74, 6) is 0.196. The molecule has 0 aromatic heterocycles. The van der Waals surface area contributed by atoms with Crippen molar-refractivity contribution in [1.29, 1.82) is 0 Å². The van der Waals surface area contributed by atoms with E-state index < -0.39 is 11.6 Å². The number of carbonyl (C=O) groups is 2. The van der Waals surface area contributed by atoms with Crippen molar-refractivity contribution in [1.82, 2.24) is 10.2 Å². The minimum Gasteiger partial charge on any atom is -0.483 e. The normalized spacial score (nSPS) is 12.2. The Morgan fingerprint density at radius 3 is 2.39 bits per heavy atom. The van der Waals surface area contributed by atoms with Crippen LogP contribution in [0.3, 0.4) is 0 Å². The molecule has 6 heteroatoms. The molecule has 2 rings (SSSR count). The molecule has 5 nitrogen and oxygen atoms in total. The lowest BCUT2D eigenvalue weighted by atomic mass is 10.1. The second kappa shape index (κ2) is 10.7. The molecule has 0 aliphatic rings.